The van der Waals surface area contributed by atoms with Gasteiger partial charge in [-0.25, -0.2) is 0 Å². The number of aliphatic imine (C=N–C) groups is 1. The van der Waals surface area contributed by atoms with Crippen LogP contribution in [-0.2, 0) is 36.2 Å². The van der Waals surface area contributed by atoms with Crippen LogP contribution in [0.3, 0.4) is 0 Å². The fraction of sp³-hybridized carbons (Fsp3) is 0.556. The maximum atomic E-state index is 13.1. The number of hydrogen-bond acceptors (Lipinski definition) is 7. The maximum absolute atomic E-state index is 13.1. The zero-order valence-corrected chi connectivity index (χ0v) is 20.3. The first-order valence-corrected chi connectivity index (χ1v) is 10.3. The molecule has 1 unspecified atom stereocenters. The van der Waals surface area contributed by atoms with E-state index in [1.165, 1.54) is 7.05 Å². The minimum atomic E-state index is -4.18. The van der Waals surface area contributed by atoms with Crippen molar-refractivity contribution >= 4 is 46.6 Å². The van der Waals surface area contributed by atoms with Gasteiger partial charge >= 0.3 is 23.2 Å². The molecule has 14 heteroatoms. The molecular formula is C18H25CuF3N7OS2. The molecule has 32 heavy (non-hydrogen) atoms. The van der Waals surface area contributed by atoms with Gasteiger partial charge in [-0.05, 0) is 55.8 Å². The molecule has 2 rings (SSSR count). The molecule has 1 aromatic rings. The normalized spacial score (nSPS) is 18.7. The van der Waals surface area contributed by atoms with Crippen molar-refractivity contribution in [2.24, 2.45) is 21.1 Å². The van der Waals surface area contributed by atoms with Crippen molar-refractivity contribution in [2.45, 2.75) is 32.5 Å². The van der Waals surface area contributed by atoms with E-state index < -0.39 is 12.1 Å². The molecule has 182 valence electrons. The van der Waals surface area contributed by atoms with Crippen LogP contribution in [0.15, 0.2) is 31.7 Å². The second-order valence-corrected chi connectivity index (χ2v) is 7.67. The number of piperidine rings is 1. The predicted octanol–water partition coefficient (Wildman–Crippen LogP) is 2.35. The summed E-state index contributed by atoms with van der Waals surface area (Å²) in [6, 6.07) is 3.39. The molecule has 0 spiro atoms. The molecule has 3 N–H and O–H groups in total. The number of nitrogens with zero attached hydrogens (tertiary/aromatic N) is 4. The van der Waals surface area contributed by atoms with Gasteiger partial charge in [-0.15, -0.1) is 0 Å². The molecule has 1 aliphatic rings. The first-order valence-electron chi connectivity index (χ1n) is 9.52. The van der Waals surface area contributed by atoms with Gasteiger partial charge < -0.3 is 22.4 Å². The van der Waals surface area contributed by atoms with Crippen molar-refractivity contribution in [3.63, 3.8) is 0 Å². The van der Waals surface area contributed by atoms with Gasteiger partial charge in [-0.1, -0.05) is 0 Å². The van der Waals surface area contributed by atoms with E-state index >= 15 is 0 Å². The number of furan rings is 1. The summed E-state index contributed by atoms with van der Waals surface area (Å²) in [5.41, 5.74) is 6.08. The summed E-state index contributed by atoms with van der Waals surface area (Å²) >= 11 is 9.99. The van der Waals surface area contributed by atoms with E-state index in [1.807, 2.05) is 0 Å². The SMILES string of the molecule is CN=C([S-])N/N=C(/C(C)=N/NC(=S)NC)c1ccc(CN2CCCC(C(F)(F)F)C2)o1.[Cu+]. The topological polar surface area (TPSA) is 89.5 Å². The smallest absolute Gasteiger partial charge is 0.741 e. The monoisotopic (exact) mass is 539 g/mol. The Hall–Kier alpha value is -1.73. The Labute approximate surface area is 206 Å². The first-order chi connectivity index (χ1) is 14.6. The summed E-state index contributed by atoms with van der Waals surface area (Å²) in [5, 5.41) is 11.6. The molecule has 0 amide bonds. The Bertz CT molecular complexity index is 858. The average molecular weight is 540 g/mol. The quantitative estimate of drug-likeness (QED) is 0.128. The van der Waals surface area contributed by atoms with Crippen molar-refractivity contribution in [3.05, 3.63) is 23.7 Å². The number of hydrazone groups is 2. The number of thiocarbonyl (C=S) groups is 1. The summed E-state index contributed by atoms with van der Waals surface area (Å²) in [5.74, 6) is -0.406. The zero-order chi connectivity index (χ0) is 23.0. The van der Waals surface area contributed by atoms with E-state index in [0.29, 0.717) is 41.0 Å². The van der Waals surface area contributed by atoms with Crippen LogP contribution >= 0.6 is 12.2 Å². The van der Waals surface area contributed by atoms with Gasteiger partial charge in [0, 0.05) is 20.6 Å². The van der Waals surface area contributed by atoms with Crippen LogP contribution < -0.4 is 16.2 Å². The summed E-state index contributed by atoms with van der Waals surface area (Å²) in [6.07, 6.45) is -3.53. The average Bonchev–Trinajstić information content (AvgIpc) is 3.19. The van der Waals surface area contributed by atoms with Gasteiger partial charge in [-0.3, -0.25) is 20.7 Å². The Kier molecular flexibility index (Phi) is 11.6. The number of alkyl halides is 3. The Morgan fingerprint density at radius 2 is 2.03 bits per heavy atom. The number of rotatable bonds is 6. The minimum absolute atomic E-state index is 0. The summed E-state index contributed by atoms with van der Waals surface area (Å²) in [4.78, 5) is 5.56. The number of nitrogens with one attached hydrogen (secondary N) is 3. The molecule has 0 radical (unpaired) electrons. The Morgan fingerprint density at radius 3 is 2.66 bits per heavy atom. The molecule has 0 bridgehead atoms. The number of halogens is 3. The molecule has 1 aliphatic heterocycles. The summed E-state index contributed by atoms with van der Waals surface area (Å²) < 4.78 is 45.1. The van der Waals surface area contributed by atoms with Gasteiger partial charge in [0.1, 0.15) is 11.5 Å². The van der Waals surface area contributed by atoms with Gasteiger partial charge in [0.15, 0.2) is 10.9 Å². The number of hydrogen-bond donors (Lipinski definition) is 3. The van der Waals surface area contributed by atoms with E-state index in [2.05, 4.69) is 31.4 Å². The maximum Gasteiger partial charge on any atom is 1.00 e. The van der Waals surface area contributed by atoms with Gasteiger partial charge in [0.25, 0.3) is 0 Å². The molecule has 1 saturated heterocycles. The molecule has 1 fully saturated rings. The van der Waals surface area contributed by atoms with Crippen molar-refractivity contribution in [2.75, 3.05) is 27.2 Å². The molecule has 1 aromatic heterocycles. The molecular weight excluding hydrogens is 515 g/mol. The van der Waals surface area contributed by atoms with E-state index in [9.17, 15) is 13.2 Å². The van der Waals surface area contributed by atoms with Crippen LogP contribution in [0.4, 0.5) is 13.2 Å². The van der Waals surface area contributed by atoms with Crippen LogP contribution in [0.25, 0.3) is 0 Å². The van der Waals surface area contributed by atoms with E-state index in [4.69, 9.17) is 29.3 Å². The van der Waals surface area contributed by atoms with Crippen LogP contribution in [0, 0.1) is 5.92 Å². The fourth-order valence-electron chi connectivity index (χ4n) is 2.99. The van der Waals surface area contributed by atoms with Crippen molar-refractivity contribution in [3.8, 4) is 0 Å². The largest absolute Gasteiger partial charge is 1.00 e. The summed E-state index contributed by atoms with van der Waals surface area (Å²) in [7, 11) is 3.18. The predicted molar refractivity (Wildman–Crippen MR) is 121 cm³/mol. The number of likely N-dealkylation sites (tertiary alicyclic amines) is 1. The Morgan fingerprint density at radius 1 is 1.31 bits per heavy atom. The fourth-order valence-corrected chi connectivity index (χ4v) is 3.08. The zero-order valence-electron chi connectivity index (χ0n) is 17.7. The molecule has 8 nitrogen and oxygen atoms in total. The summed E-state index contributed by atoms with van der Waals surface area (Å²) in [6.45, 7) is 2.51. The number of amidine groups is 1. The van der Waals surface area contributed by atoms with Crippen LogP contribution in [0.1, 0.15) is 31.3 Å². The van der Waals surface area contributed by atoms with Crippen LogP contribution in [-0.4, -0.2) is 60.0 Å². The molecule has 2 heterocycles. The first kappa shape index (κ1) is 28.3. The van der Waals surface area contributed by atoms with Gasteiger partial charge in [-0.2, -0.15) is 23.4 Å². The Balaban J connectivity index is 0.00000512. The minimum Gasteiger partial charge on any atom is -0.741 e. The molecule has 1 atom stereocenters. The van der Waals surface area contributed by atoms with Crippen molar-refractivity contribution < 1.29 is 34.7 Å². The van der Waals surface area contributed by atoms with Crippen molar-refractivity contribution in [1.29, 1.82) is 0 Å². The molecule has 0 aliphatic carbocycles. The third-order valence-electron chi connectivity index (χ3n) is 4.60. The van der Waals surface area contributed by atoms with E-state index in [-0.39, 0.29) is 41.7 Å². The van der Waals surface area contributed by atoms with Crippen LogP contribution in [0.2, 0.25) is 0 Å². The standard InChI is InChI=1S/C18H26F3N7OS2.Cu/c1-11(24-26-16(30)22-2)15(25-27-17(31)23-3)14-7-6-13(29-14)10-28-8-4-5-12(9-28)18(19,20)21;/h6-7,12H,4-5,8-10H2,1-3H3,(H2,22,26,30)(H2,23,27,31);/q;+1/p-1/b24-11+,25-15-;. The van der Waals surface area contributed by atoms with Gasteiger partial charge in [0.2, 0.25) is 0 Å². The third-order valence-corrected chi connectivity index (χ3v) is 5.17. The van der Waals surface area contributed by atoms with E-state index in [1.54, 1.807) is 31.0 Å². The molecule has 0 saturated carbocycles. The van der Waals surface area contributed by atoms with Crippen LogP contribution in [0.5, 0.6) is 0 Å². The second kappa shape index (κ2) is 13.1. The van der Waals surface area contributed by atoms with Gasteiger partial charge in [0.05, 0.1) is 18.2 Å². The molecule has 0 aromatic carbocycles. The second-order valence-electron chi connectivity index (χ2n) is 6.87. The van der Waals surface area contributed by atoms with E-state index in [0.717, 1.165) is 0 Å². The third kappa shape index (κ3) is 8.66. The van der Waals surface area contributed by atoms with Crippen molar-refractivity contribution in [1.82, 2.24) is 21.1 Å².